The highest BCUT2D eigenvalue weighted by atomic mass is 19.1. The number of H-pyrrole nitrogens is 1. The van der Waals surface area contributed by atoms with E-state index in [1.165, 1.54) is 19.2 Å². The van der Waals surface area contributed by atoms with Gasteiger partial charge < -0.3 is 19.7 Å². The van der Waals surface area contributed by atoms with Crippen molar-refractivity contribution >= 4 is 16.6 Å². The molecule has 6 nitrogen and oxygen atoms in total. The van der Waals surface area contributed by atoms with Gasteiger partial charge in [-0.25, -0.2) is 4.39 Å². The van der Waals surface area contributed by atoms with Gasteiger partial charge in [0.2, 0.25) is 5.88 Å². The van der Waals surface area contributed by atoms with Crippen LogP contribution >= 0.6 is 0 Å². The van der Waals surface area contributed by atoms with Gasteiger partial charge >= 0.3 is 0 Å². The highest BCUT2D eigenvalue weighted by Crippen LogP contribution is 2.44. The fourth-order valence-corrected chi connectivity index (χ4v) is 3.75. The lowest BCUT2D eigenvalue weighted by molar-refractivity contribution is 0.314. The van der Waals surface area contributed by atoms with E-state index in [1.54, 1.807) is 12.1 Å². The molecule has 26 heavy (non-hydrogen) atoms. The largest absolute Gasteiger partial charge is 0.496 e. The van der Waals surface area contributed by atoms with Gasteiger partial charge in [0.1, 0.15) is 11.6 Å². The van der Waals surface area contributed by atoms with Crippen LogP contribution in [0, 0.1) is 10.7 Å². The fraction of sp³-hybridized carbons (Fsp3) is 0.263. The van der Waals surface area contributed by atoms with Crippen molar-refractivity contribution in [1.82, 2.24) is 9.88 Å². The number of ether oxygens (including phenoxy) is 1. The number of aromatic nitrogens is 1. The average molecular weight is 355 g/mol. The van der Waals surface area contributed by atoms with Crippen LogP contribution in [-0.4, -0.2) is 35.7 Å². The summed E-state index contributed by atoms with van der Waals surface area (Å²) in [6.07, 6.45) is 0.764. The van der Waals surface area contributed by atoms with Crippen LogP contribution in [0.2, 0.25) is 0 Å². The second kappa shape index (κ2) is 6.10. The maximum absolute atomic E-state index is 13.9. The maximum atomic E-state index is 13.9. The molecule has 0 atom stereocenters. The predicted molar refractivity (Wildman–Crippen MR) is 97.4 cm³/mol. The lowest BCUT2D eigenvalue weighted by atomic mass is 9.88. The highest BCUT2D eigenvalue weighted by Gasteiger charge is 2.25. The zero-order valence-electron chi connectivity index (χ0n) is 14.5. The Morgan fingerprint density at radius 3 is 2.81 bits per heavy atom. The molecule has 2 N–H and O–H groups in total. The molecule has 0 aliphatic carbocycles. The molecule has 0 saturated carbocycles. The molecular formula is C19H18FN3O3. The number of nitrogens with one attached hydrogen (secondary N) is 1. The first kappa shape index (κ1) is 16.5. The first-order valence-electron chi connectivity index (χ1n) is 8.28. The summed E-state index contributed by atoms with van der Waals surface area (Å²) in [5.74, 6) is -0.0748. The van der Waals surface area contributed by atoms with Crippen LogP contribution in [0.25, 0.3) is 22.0 Å². The van der Waals surface area contributed by atoms with Crippen LogP contribution in [0.5, 0.6) is 11.6 Å². The SMILES string of the molecule is COc1ccc(F)cc1-c1cc2c(N=O)c(O)[nH]c2c2c1CCN(C)C2. The number of aromatic hydroxyl groups is 1. The molecule has 2 aromatic carbocycles. The van der Waals surface area contributed by atoms with Crippen molar-refractivity contribution in [3.8, 4) is 22.8 Å². The minimum absolute atomic E-state index is 0.0346. The maximum Gasteiger partial charge on any atom is 0.219 e. The van der Waals surface area contributed by atoms with Crippen LogP contribution in [0.4, 0.5) is 10.1 Å². The number of rotatable bonds is 3. The van der Waals surface area contributed by atoms with Gasteiger partial charge in [-0.3, -0.25) is 0 Å². The molecule has 4 rings (SSSR count). The molecule has 0 amide bonds. The van der Waals surface area contributed by atoms with Crippen LogP contribution < -0.4 is 4.74 Å². The molecule has 3 aromatic rings. The van der Waals surface area contributed by atoms with E-state index in [-0.39, 0.29) is 17.4 Å². The predicted octanol–water partition coefficient (Wildman–Crippen LogP) is 4.07. The number of hydrogen-bond acceptors (Lipinski definition) is 5. The Bertz CT molecular complexity index is 1030. The second-order valence-corrected chi connectivity index (χ2v) is 6.55. The van der Waals surface area contributed by atoms with Gasteiger partial charge in [0, 0.05) is 24.0 Å². The van der Waals surface area contributed by atoms with Crippen LogP contribution in [0.3, 0.4) is 0 Å². The van der Waals surface area contributed by atoms with E-state index in [4.69, 9.17) is 4.74 Å². The van der Waals surface area contributed by atoms with E-state index in [1.807, 2.05) is 7.05 Å². The van der Waals surface area contributed by atoms with Crippen LogP contribution in [0.1, 0.15) is 11.1 Å². The van der Waals surface area contributed by atoms with Gasteiger partial charge in [0.25, 0.3) is 0 Å². The van der Waals surface area contributed by atoms with Gasteiger partial charge in [-0.1, -0.05) is 0 Å². The smallest absolute Gasteiger partial charge is 0.219 e. The molecule has 0 spiro atoms. The Hall–Kier alpha value is -2.93. The van der Waals surface area contributed by atoms with Crippen LogP contribution in [0.15, 0.2) is 29.4 Å². The molecule has 2 heterocycles. The molecule has 134 valence electrons. The highest BCUT2D eigenvalue weighted by molar-refractivity contribution is 6.00. The van der Waals surface area contributed by atoms with Crippen molar-refractivity contribution in [1.29, 1.82) is 0 Å². The zero-order valence-corrected chi connectivity index (χ0v) is 14.5. The third-order valence-corrected chi connectivity index (χ3v) is 4.99. The summed E-state index contributed by atoms with van der Waals surface area (Å²) >= 11 is 0. The number of aromatic amines is 1. The lowest BCUT2D eigenvalue weighted by Crippen LogP contribution is -2.27. The molecule has 0 saturated heterocycles. The standard InChI is InChI=1S/C19H18FN3O3/c1-23-6-5-11-12(13-7-10(20)3-4-16(13)26-2)8-14-17(15(11)9-23)21-19(24)18(14)22-25/h3-4,7-8,21,24H,5-6,9H2,1-2H3. The lowest BCUT2D eigenvalue weighted by Gasteiger charge is -2.28. The minimum atomic E-state index is -0.367. The summed E-state index contributed by atoms with van der Waals surface area (Å²) in [5.41, 5.74) is 4.10. The monoisotopic (exact) mass is 355 g/mol. The number of methoxy groups -OCH3 is 1. The van der Waals surface area contributed by atoms with E-state index in [0.717, 1.165) is 29.7 Å². The summed E-state index contributed by atoms with van der Waals surface area (Å²) in [7, 11) is 3.54. The Morgan fingerprint density at radius 2 is 2.08 bits per heavy atom. The van der Waals surface area contributed by atoms with Gasteiger partial charge in [0.15, 0.2) is 5.69 Å². The van der Waals surface area contributed by atoms with Crippen molar-refractivity contribution in [3.63, 3.8) is 0 Å². The summed E-state index contributed by atoms with van der Waals surface area (Å²) in [6, 6.07) is 6.15. The minimum Gasteiger partial charge on any atom is -0.496 e. The third kappa shape index (κ3) is 2.43. The molecular weight excluding hydrogens is 337 g/mol. The average Bonchev–Trinajstić information content (AvgIpc) is 2.96. The first-order chi connectivity index (χ1) is 12.5. The Kier molecular flexibility index (Phi) is 3.88. The molecule has 0 radical (unpaired) electrons. The van der Waals surface area contributed by atoms with Crippen molar-refractivity contribution < 1.29 is 14.2 Å². The summed E-state index contributed by atoms with van der Waals surface area (Å²) in [4.78, 5) is 16.3. The fourth-order valence-electron chi connectivity index (χ4n) is 3.75. The van der Waals surface area contributed by atoms with E-state index >= 15 is 0 Å². The van der Waals surface area contributed by atoms with Crippen molar-refractivity contribution in [2.24, 2.45) is 5.18 Å². The zero-order chi connectivity index (χ0) is 18.4. The number of nitrogens with zero attached hydrogens (tertiary/aromatic N) is 2. The molecule has 1 aliphatic rings. The van der Waals surface area contributed by atoms with E-state index < -0.39 is 0 Å². The van der Waals surface area contributed by atoms with Gasteiger partial charge in [-0.2, -0.15) is 0 Å². The quantitative estimate of drug-likeness (QED) is 0.694. The van der Waals surface area contributed by atoms with Crippen LogP contribution in [-0.2, 0) is 13.0 Å². The summed E-state index contributed by atoms with van der Waals surface area (Å²) in [6.45, 7) is 1.50. The van der Waals surface area contributed by atoms with E-state index in [2.05, 4.69) is 15.1 Å². The topological polar surface area (TPSA) is 77.9 Å². The van der Waals surface area contributed by atoms with Crippen molar-refractivity contribution in [2.75, 3.05) is 20.7 Å². The molecule has 1 aliphatic heterocycles. The van der Waals surface area contributed by atoms with Gasteiger partial charge in [-0.15, -0.1) is 4.91 Å². The second-order valence-electron chi connectivity index (χ2n) is 6.55. The molecule has 0 bridgehead atoms. The number of benzene rings is 2. The van der Waals surface area contributed by atoms with Gasteiger partial charge in [0.05, 0.1) is 12.6 Å². The third-order valence-electron chi connectivity index (χ3n) is 4.99. The normalized spacial score (nSPS) is 14.4. The Morgan fingerprint density at radius 1 is 1.27 bits per heavy atom. The number of likely N-dealkylation sites (N-methyl/N-ethyl adjacent to an activating group) is 1. The summed E-state index contributed by atoms with van der Waals surface area (Å²) < 4.78 is 19.4. The molecule has 0 unspecified atom stereocenters. The van der Waals surface area contributed by atoms with Crippen molar-refractivity contribution in [3.05, 3.63) is 46.1 Å². The van der Waals surface area contributed by atoms with Gasteiger partial charge in [-0.05, 0) is 59.6 Å². The number of fused-ring (bicyclic) bond motifs is 3. The number of hydrogen-bond donors (Lipinski definition) is 2. The Labute approximate surface area is 149 Å². The number of nitroso groups, excluding NO2 is 1. The van der Waals surface area contributed by atoms with Crippen molar-refractivity contribution in [2.45, 2.75) is 13.0 Å². The summed E-state index contributed by atoms with van der Waals surface area (Å²) in [5, 5.41) is 13.6. The number of halogens is 1. The Balaban J connectivity index is 2.10. The molecule has 7 heteroatoms. The van der Waals surface area contributed by atoms with E-state index in [9.17, 15) is 14.4 Å². The first-order valence-corrected chi connectivity index (χ1v) is 8.28. The molecule has 0 fully saturated rings. The van der Waals surface area contributed by atoms with E-state index in [0.29, 0.717) is 28.8 Å². The molecule has 1 aromatic heterocycles.